The molecule has 0 aliphatic rings. The van der Waals surface area contributed by atoms with Crippen molar-refractivity contribution >= 4 is 29.3 Å². The smallest absolute Gasteiger partial charge is 0.266 e. The van der Waals surface area contributed by atoms with Gasteiger partial charge in [-0.2, -0.15) is 5.26 Å². The van der Waals surface area contributed by atoms with Crippen LogP contribution in [0.5, 0.6) is 0 Å². The predicted molar refractivity (Wildman–Crippen MR) is 89.5 cm³/mol. The molecule has 0 spiro atoms. The Labute approximate surface area is 134 Å². The molecule has 0 heterocycles. The SMILES string of the molecule is CCc1ccc(/C=C(\C#N)C(=O)Nc2ccccc2Cl)cc1. The van der Waals surface area contributed by atoms with Gasteiger partial charge < -0.3 is 5.32 Å². The maximum Gasteiger partial charge on any atom is 0.266 e. The van der Waals surface area contributed by atoms with E-state index in [2.05, 4.69) is 12.2 Å². The fraction of sp³-hybridized carbons (Fsp3) is 0.111. The monoisotopic (exact) mass is 310 g/mol. The van der Waals surface area contributed by atoms with Crippen molar-refractivity contribution in [2.75, 3.05) is 5.32 Å². The highest BCUT2D eigenvalue weighted by molar-refractivity contribution is 6.34. The molecule has 3 nitrogen and oxygen atoms in total. The summed E-state index contributed by atoms with van der Waals surface area (Å²) in [6.45, 7) is 2.07. The molecule has 0 bridgehead atoms. The molecule has 4 heteroatoms. The van der Waals surface area contributed by atoms with Crippen molar-refractivity contribution in [3.8, 4) is 6.07 Å². The zero-order valence-corrected chi connectivity index (χ0v) is 12.9. The maximum absolute atomic E-state index is 12.2. The molecule has 1 N–H and O–H groups in total. The van der Waals surface area contributed by atoms with E-state index in [0.29, 0.717) is 10.7 Å². The van der Waals surface area contributed by atoms with E-state index in [1.165, 1.54) is 5.56 Å². The molecule has 2 aromatic rings. The van der Waals surface area contributed by atoms with Gasteiger partial charge in [0.1, 0.15) is 11.6 Å². The fourth-order valence-electron chi connectivity index (χ4n) is 1.92. The number of nitrogens with zero attached hydrogens (tertiary/aromatic N) is 1. The van der Waals surface area contributed by atoms with Crippen LogP contribution in [-0.4, -0.2) is 5.91 Å². The summed E-state index contributed by atoms with van der Waals surface area (Å²) in [6.07, 6.45) is 2.51. The minimum absolute atomic E-state index is 0.0316. The standard InChI is InChI=1S/C18H15ClN2O/c1-2-13-7-9-14(10-8-13)11-15(12-20)18(22)21-17-6-4-3-5-16(17)19/h3-11H,2H2,1H3,(H,21,22)/b15-11+. The van der Waals surface area contributed by atoms with Crippen LogP contribution in [0.4, 0.5) is 5.69 Å². The van der Waals surface area contributed by atoms with E-state index in [-0.39, 0.29) is 5.57 Å². The van der Waals surface area contributed by atoms with Crippen LogP contribution in [0, 0.1) is 11.3 Å². The number of carbonyl (C=O) groups excluding carboxylic acids is 1. The van der Waals surface area contributed by atoms with E-state index in [1.807, 2.05) is 30.3 Å². The molecule has 0 aliphatic heterocycles. The topological polar surface area (TPSA) is 52.9 Å². The van der Waals surface area contributed by atoms with Crippen LogP contribution < -0.4 is 5.32 Å². The van der Waals surface area contributed by atoms with Crippen molar-refractivity contribution in [1.29, 1.82) is 5.26 Å². The van der Waals surface area contributed by atoms with Gasteiger partial charge in [0.2, 0.25) is 0 Å². The molecule has 22 heavy (non-hydrogen) atoms. The summed E-state index contributed by atoms with van der Waals surface area (Å²) in [4.78, 5) is 12.2. The third kappa shape index (κ3) is 3.97. The molecule has 0 unspecified atom stereocenters. The predicted octanol–water partition coefficient (Wildman–Crippen LogP) is 4.45. The normalized spacial score (nSPS) is 10.9. The van der Waals surface area contributed by atoms with Crippen molar-refractivity contribution in [2.45, 2.75) is 13.3 Å². The van der Waals surface area contributed by atoms with Crippen molar-refractivity contribution in [3.05, 3.63) is 70.3 Å². The third-order valence-corrected chi connectivity index (χ3v) is 3.52. The number of nitrogens with one attached hydrogen (secondary N) is 1. The number of anilines is 1. The quantitative estimate of drug-likeness (QED) is 0.670. The maximum atomic E-state index is 12.2. The van der Waals surface area contributed by atoms with Gasteiger partial charge >= 0.3 is 0 Å². The van der Waals surface area contributed by atoms with E-state index < -0.39 is 5.91 Å². The van der Waals surface area contributed by atoms with E-state index in [1.54, 1.807) is 30.3 Å². The highest BCUT2D eigenvalue weighted by Gasteiger charge is 2.11. The molecule has 0 fully saturated rings. The van der Waals surface area contributed by atoms with Gasteiger partial charge in [0.25, 0.3) is 5.91 Å². The number of halogens is 1. The lowest BCUT2D eigenvalue weighted by atomic mass is 10.1. The van der Waals surface area contributed by atoms with Gasteiger partial charge in [-0.1, -0.05) is 54.9 Å². The van der Waals surface area contributed by atoms with Crippen molar-refractivity contribution in [2.24, 2.45) is 0 Å². The molecule has 0 radical (unpaired) electrons. The van der Waals surface area contributed by atoms with E-state index in [9.17, 15) is 10.1 Å². The summed E-state index contributed by atoms with van der Waals surface area (Å²) in [5.74, 6) is -0.477. The number of amides is 1. The van der Waals surface area contributed by atoms with Gasteiger partial charge in [0.05, 0.1) is 10.7 Å². The second kappa shape index (κ2) is 7.44. The Morgan fingerprint density at radius 1 is 1.23 bits per heavy atom. The zero-order valence-electron chi connectivity index (χ0n) is 12.1. The lowest BCUT2D eigenvalue weighted by Crippen LogP contribution is -2.13. The van der Waals surface area contributed by atoms with Crippen LogP contribution in [0.2, 0.25) is 5.02 Å². The summed E-state index contributed by atoms with van der Waals surface area (Å²) in [5.41, 5.74) is 2.53. The lowest BCUT2D eigenvalue weighted by Gasteiger charge is -2.06. The Morgan fingerprint density at radius 3 is 2.50 bits per heavy atom. The first-order valence-electron chi connectivity index (χ1n) is 6.90. The second-order valence-electron chi connectivity index (χ2n) is 4.70. The second-order valence-corrected chi connectivity index (χ2v) is 5.11. The number of aryl methyl sites for hydroxylation is 1. The van der Waals surface area contributed by atoms with Crippen molar-refractivity contribution in [3.63, 3.8) is 0 Å². The first-order chi connectivity index (χ1) is 10.6. The zero-order chi connectivity index (χ0) is 15.9. The average molecular weight is 311 g/mol. The molecule has 2 aromatic carbocycles. The number of benzene rings is 2. The van der Waals surface area contributed by atoms with E-state index in [0.717, 1.165) is 12.0 Å². The van der Waals surface area contributed by atoms with Crippen LogP contribution in [0.3, 0.4) is 0 Å². The number of para-hydroxylation sites is 1. The third-order valence-electron chi connectivity index (χ3n) is 3.19. The number of carbonyl (C=O) groups is 1. The lowest BCUT2D eigenvalue weighted by molar-refractivity contribution is -0.112. The first-order valence-corrected chi connectivity index (χ1v) is 7.28. The Balaban J connectivity index is 2.20. The Kier molecular flexibility index (Phi) is 5.35. The highest BCUT2D eigenvalue weighted by Crippen LogP contribution is 2.21. The van der Waals surface area contributed by atoms with Gasteiger partial charge in [-0.3, -0.25) is 4.79 Å². The minimum atomic E-state index is -0.477. The molecule has 0 aromatic heterocycles. The molecule has 0 atom stereocenters. The van der Waals surface area contributed by atoms with Gasteiger partial charge in [-0.15, -0.1) is 0 Å². The summed E-state index contributed by atoms with van der Waals surface area (Å²) >= 11 is 5.99. The average Bonchev–Trinajstić information content (AvgIpc) is 2.55. The molecule has 110 valence electrons. The number of hydrogen-bond donors (Lipinski definition) is 1. The van der Waals surface area contributed by atoms with Gasteiger partial charge in [0, 0.05) is 0 Å². The largest absolute Gasteiger partial charge is 0.320 e. The minimum Gasteiger partial charge on any atom is -0.320 e. The summed E-state index contributed by atoms with van der Waals surface area (Å²) in [7, 11) is 0. The molecule has 0 aliphatic carbocycles. The summed E-state index contributed by atoms with van der Waals surface area (Å²) < 4.78 is 0. The molecule has 2 rings (SSSR count). The Bertz CT molecular complexity index is 742. The van der Waals surface area contributed by atoms with Crippen LogP contribution in [0.1, 0.15) is 18.1 Å². The molecular weight excluding hydrogens is 296 g/mol. The number of hydrogen-bond acceptors (Lipinski definition) is 2. The molecule has 1 amide bonds. The fourth-order valence-corrected chi connectivity index (χ4v) is 2.10. The first kappa shape index (κ1) is 15.8. The van der Waals surface area contributed by atoms with Crippen molar-refractivity contribution < 1.29 is 4.79 Å². The molecular formula is C18H15ClN2O. The van der Waals surface area contributed by atoms with Crippen LogP contribution in [0.25, 0.3) is 6.08 Å². The Hall–Kier alpha value is -2.57. The van der Waals surface area contributed by atoms with Gasteiger partial charge in [-0.05, 0) is 35.8 Å². The molecule has 0 saturated heterocycles. The number of nitriles is 1. The Morgan fingerprint density at radius 2 is 1.91 bits per heavy atom. The number of rotatable bonds is 4. The van der Waals surface area contributed by atoms with Crippen LogP contribution in [-0.2, 0) is 11.2 Å². The van der Waals surface area contributed by atoms with E-state index in [4.69, 9.17) is 11.6 Å². The highest BCUT2D eigenvalue weighted by atomic mass is 35.5. The van der Waals surface area contributed by atoms with Crippen LogP contribution in [0.15, 0.2) is 54.1 Å². The molecule has 0 saturated carbocycles. The van der Waals surface area contributed by atoms with Crippen LogP contribution >= 0.6 is 11.6 Å². The van der Waals surface area contributed by atoms with Crippen molar-refractivity contribution in [1.82, 2.24) is 0 Å². The summed E-state index contributed by atoms with van der Waals surface area (Å²) in [6, 6.07) is 16.6. The summed E-state index contributed by atoms with van der Waals surface area (Å²) in [5, 5.41) is 12.3. The van der Waals surface area contributed by atoms with E-state index >= 15 is 0 Å². The van der Waals surface area contributed by atoms with Gasteiger partial charge in [0.15, 0.2) is 0 Å². The van der Waals surface area contributed by atoms with Gasteiger partial charge in [-0.25, -0.2) is 0 Å².